The summed E-state index contributed by atoms with van der Waals surface area (Å²) in [5, 5.41) is 3.88. The molecule has 7 nitrogen and oxygen atoms in total. The zero-order valence-corrected chi connectivity index (χ0v) is 27.1. The maximum absolute atomic E-state index is 13.9. The molecule has 0 heterocycles. The lowest BCUT2D eigenvalue weighted by molar-refractivity contribution is -0.142. The summed E-state index contributed by atoms with van der Waals surface area (Å²) in [6.07, 6.45) is 1.72. The molecule has 1 atom stereocenters. The Balaban J connectivity index is 1.93. The number of anilines is 1. The first kappa shape index (κ1) is 33.4. The molecule has 0 aliphatic heterocycles. The van der Waals surface area contributed by atoms with Crippen molar-refractivity contribution >= 4 is 50.7 Å². The van der Waals surface area contributed by atoms with Gasteiger partial charge in [0.1, 0.15) is 6.04 Å². The van der Waals surface area contributed by atoms with Crippen LogP contribution in [0.4, 0.5) is 5.69 Å². The number of nitrogens with one attached hydrogen (secondary N) is 1. The molecule has 10 heteroatoms. The van der Waals surface area contributed by atoms with Crippen LogP contribution in [0.25, 0.3) is 0 Å². The quantitative estimate of drug-likeness (QED) is 0.250. The molecule has 0 spiro atoms. The normalized spacial score (nSPS) is 12.5. The van der Waals surface area contributed by atoms with Crippen molar-refractivity contribution in [2.75, 3.05) is 17.1 Å². The Morgan fingerprint density at radius 2 is 1.60 bits per heavy atom. The number of sulfonamides is 1. The predicted octanol–water partition coefficient (Wildman–Crippen LogP) is 6.40. The number of hydrogen-bond donors (Lipinski definition) is 1. The smallest absolute Gasteiger partial charge is 0.243 e. The van der Waals surface area contributed by atoms with Crippen molar-refractivity contribution in [3.05, 3.63) is 99.5 Å². The van der Waals surface area contributed by atoms with Crippen LogP contribution >= 0.6 is 23.2 Å². The van der Waals surface area contributed by atoms with Gasteiger partial charge in [0.15, 0.2) is 0 Å². The van der Waals surface area contributed by atoms with Crippen molar-refractivity contribution < 1.29 is 18.0 Å². The van der Waals surface area contributed by atoms with Gasteiger partial charge in [-0.3, -0.25) is 13.9 Å². The second-order valence-electron chi connectivity index (χ2n) is 11.5. The molecule has 0 bridgehead atoms. The first-order chi connectivity index (χ1) is 19.6. The van der Waals surface area contributed by atoms with Crippen LogP contribution in [-0.2, 0) is 32.6 Å². The molecule has 0 aliphatic rings. The van der Waals surface area contributed by atoms with Crippen molar-refractivity contribution in [2.45, 2.75) is 65.1 Å². The first-order valence-electron chi connectivity index (χ1n) is 13.8. The molecule has 3 aromatic carbocycles. The van der Waals surface area contributed by atoms with Crippen molar-refractivity contribution in [2.24, 2.45) is 0 Å². The number of carbonyl (C=O) groups excluding carboxylic acids is 2. The number of amides is 2. The van der Waals surface area contributed by atoms with Gasteiger partial charge in [-0.25, -0.2) is 8.42 Å². The van der Waals surface area contributed by atoms with Gasteiger partial charge in [0.2, 0.25) is 21.8 Å². The number of nitrogens with zero attached hydrogens (tertiary/aromatic N) is 2. The molecule has 0 aromatic heterocycles. The van der Waals surface area contributed by atoms with Gasteiger partial charge in [0.25, 0.3) is 0 Å². The second kappa shape index (κ2) is 14.4. The minimum Gasteiger partial charge on any atom is -0.350 e. The molecule has 42 heavy (non-hydrogen) atoms. The Labute approximate surface area is 259 Å². The first-order valence-corrected chi connectivity index (χ1v) is 16.4. The number of halogens is 2. The summed E-state index contributed by atoms with van der Waals surface area (Å²) < 4.78 is 26.5. The number of aryl methyl sites for hydroxylation is 1. The lowest BCUT2D eigenvalue weighted by atomic mass is 10.00. The van der Waals surface area contributed by atoms with Crippen LogP contribution in [0.15, 0.2) is 72.8 Å². The summed E-state index contributed by atoms with van der Waals surface area (Å²) in [4.78, 5) is 29.2. The van der Waals surface area contributed by atoms with Gasteiger partial charge in [0, 0.05) is 41.5 Å². The van der Waals surface area contributed by atoms with Crippen LogP contribution in [0, 0.1) is 6.92 Å². The van der Waals surface area contributed by atoms with Crippen LogP contribution in [0.2, 0.25) is 10.0 Å². The summed E-state index contributed by atoms with van der Waals surface area (Å²) in [6, 6.07) is 20.9. The molecule has 0 saturated heterocycles. The topological polar surface area (TPSA) is 86.8 Å². The van der Waals surface area contributed by atoms with E-state index < -0.39 is 21.6 Å². The van der Waals surface area contributed by atoms with Crippen molar-refractivity contribution in [1.82, 2.24) is 10.2 Å². The number of carbonyl (C=O) groups is 2. The van der Waals surface area contributed by atoms with Gasteiger partial charge in [-0.2, -0.15) is 0 Å². The summed E-state index contributed by atoms with van der Waals surface area (Å²) >= 11 is 12.6. The number of hydrogen-bond acceptors (Lipinski definition) is 4. The largest absolute Gasteiger partial charge is 0.350 e. The van der Waals surface area contributed by atoms with Crippen LogP contribution in [0.3, 0.4) is 0 Å². The molecule has 0 fully saturated rings. The highest BCUT2D eigenvalue weighted by molar-refractivity contribution is 7.92. The highest BCUT2D eigenvalue weighted by Crippen LogP contribution is 2.25. The van der Waals surface area contributed by atoms with Gasteiger partial charge >= 0.3 is 0 Å². The third kappa shape index (κ3) is 10.0. The van der Waals surface area contributed by atoms with E-state index in [4.69, 9.17) is 23.2 Å². The van der Waals surface area contributed by atoms with Gasteiger partial charge < -0.3 is 10.2 Å². The summed E-state index contributed by atoms with van der Waals surface area (Å²) in [5.41, 5.74) is 2.56. The zero-order chi connectivity index (χ0) is 31.1. The van der Waals surface area contributed by atoms with E-state index in [0.717, 1.165) is 17.4 Å². The third-order valence-corrected chi connectivity index (χ3v) is 8.38. The Morgan fingerprint density at radius 3 is 2.17 bits per heavy atom. The van der Waals surface area contributed by atoms with E-state index in [1.165, 1.54) is 4.31 Å². The second-order valence-corrected chi connectivity index (χ2v) is 14.2. The molecule has 1 N–H and O–H groups in total. The third-order valence-electron chi connectivity index (χ3n) is 6.60. The molecule has 3 rings (SSSR count). The van der Waals surface area contributed by atoms with Crippen molar-refractivity contribution in [3.63, 3.8) is 0 Å². The lowest BCUT2D eigenvalue weighted by Crippen LogP contribution is -2.54. The maximum atomic E-state index is 13.9. The van der Waals surface area contributed by atoms with Gasteiger partial charge in [0.05, 0.1) is 11.9 Å². The number of benzene rings is 3. The molecular formula is C32H39Cl2N3O4S. The molecule has 0 radical (unpaired) electrons. The van der Waals surface area contributed by atoms with E-state index in [9.17, 15) is 18.0 Å². The lowest BCUT2D eigenvalue weighted by Gasteiger charge is -2.34. The van der Waals surface area contributed by atoms with Crippen LogP contribution in [-0.4, -0.2) is 49.5 Å². The molecule has 0 unspecified atom stereocenters. The molecular weight excluding hydrogens is 593 g/mol. The highest BCUT2D eigenvalue weighted by atomic mass is 35.5. The standard InChI is InChI=1S/C32H39Cl2N3O4S/c1-23-13-17-27(18-14-23)37(42(5,40)41)19-9-12-30(38)36(22-25-15-16-26(33)21-28(25)34)29(31(39)35-32(2,3)4)20-24-10-7-6-8-11-24/h6-8,10-11,13-18,21,29H,9,12,19-20,22H2,1-5H3,(H,35,39)/t29-/m1/s1. The van der Waals surface area contributed by atoms with E-state index >= 15 is 0 Å². The Hall–Kier alpha value is -3.07. The average Bonchev–Trinajstić information content (AvgIpc) is 2.89. The average molecular weight is 633 g/mol. The molecule has 0 aliphatic carbocycles. The highest BCUT2D eigenvalue weighted by Gasteiger charge is 2.32. The monoisotopic (exact) mass is 631 g/mol. The van der Waals surface area contributed by atoms with E-state index in [2.05, 4.69) is 5.32 Å². The van der Waals surface area contributed by atoms with E-state index in [1.54, 1.807) is 35.2 Å². The molecule has 2 amide bonds. The zero-order valence-electron chi connectivity index (χ0n) is 24.7. The fraction of sp³-hybridized carbons (Fsp3) is 0.375. The van der Waals surface area contributed by atoms with Crippen molar-refractivity contribution in [1.29, 1.82) is 0 Å². The van der Waals surface area contributed by atoms with Gasteiger partial charge in [-0.1, -0.05) is 77.3 Å². The van der Waals surface area contributed by atoms with Gasteiger partial charge in [-0.05, 0) is 69.5 Å². The van der Waals surface area contributed by atoms with Gasteiger partial charge in [-0.15, -0.1) is 0 Å². The summed E-state index contributed by atoms with van der Waals surface area (Å²) in [6.45, 7) is 7.78. The van der Waals surface area contributed by atoms with E-state index in [1.807, 2.05) is 70.2 Å². The van der Waals surface area contributed by atoms with Crippen LogP contribution in [0.1, 0.15) is 50.3 Å². The molecule has 3 aromatic rings. The fourth-order valence-corrected chi connectivity index (χ4v) is 5.99. The summed E-state index contributed by atoms with van der Waals surface area (Å²) in [7, 11) is -3.58. The Kier molecular flexibility index (Phi) is 11.5. The fourth-order valence-electron chi connectivity index (χ4n) is 4.56. The van der Waals surface area contributed by atoms with E-state index in [0.29, 0.717) is 27.7 Å². The SMILES string of the molecule is Cc1ccc(N(CCCC(=O)N(Cc2ccc(Cl)cc2Cl)[C@H](Cc2ccccc2)C(=O)NC(C)(C)C)S(C)(=O)=O)cc1. The van der Waals surface area contributed by atoms with Crippen LogP contribution in [0.5, 0.6) is 0 Å². The maximum Gasteiger partial charge on any atom is 0.243 e. The Bertz CT molecular complexity index is 1470. The minimum atomic E-state index is -3.58. The molecule has 226 valence electrons. The minimum absolute atomic E-state index is 0.0250. The summed E-state index contributed by atoms with van der Waals surface area (Å²) in [5.74, 6) is -0.578. The van der Waals surface area contributed by atoms with Crippen LogP contribution < -0.4 is 9.62 Å². The van der Waals surface area contributed by atoms with E-state index in [-0.39, 0.29) is 37.7 Å². The Morgan fingerprint density at radius 1 is 0.952 bits per heavy atom. The number of rotatable bonds is 12. The predicted molar refractivity (Wildman–Crippen MR) is 171 cm³/mol. The van der Waals surface area contributed by atoms with Crippen molar-refractivity contribution in [3.8, 4) is 0 Å². The molecule has 0 saturated carbocycles.